The van der Waals surface area contributed by atoms with Crippen molar-refractivity contribution in [2.45, 2.75) is 63.5 Å². The van der Waals surface area contributed by atoms with Gasteiger partial charge in [0.05, 0.1) is 12.6 Å². The van der Waals surface area contributed by atoms with Crippen molar-refractivity contribution in [3.8, 4) is 0 Å². The van der Waals surface area contributed by atoms with Crippen molar-refractivity contribution >= 4 is 11.8 Å². The van der Waals surface area contributed by atoms with E-state index in [0.717, 1.165) is 58.4 Å². The summed E-state index contributed by atoms with van der Waals surface area (Å²) in [4.78, 5) is 28.9. The smallest absolute Gasteiger partial charge is 0.239 e. The van der Waals surface area contributed by atoms with Crippen LogP contribution in [0.4, 0.5) is 0 Å². The lowest BCUT2D eigenvalue weighted by molar-refractivity contribution is -0.136. The number of carbonyl (C=O) groups excluding carboxylic acids is 2. The second kappa shape index (κ2) is 8.81. The van der Waals surface area contributed by atoms with E-state index in [0.29, 0.717) is 12.6 Å². The van der Waals surface area contributed by atoms with Crippen LogP contribution in [-0.4, -0.2) is 73.0 Å². The number of nitrogens with zero attached hydrogens (tertiary/aromatic N) is 2. The van der Waals surface area contributed by atoms with Crippen LogP contribution in [0.2, 0.25) is 0 Å². The van der Waals surface area contributed by atoms with Gasteiger partial charge >= 0.3 is 0 Å². The molecule has 0 aromatic carbocycles. The van der Waals surface area contributed by atoms with Crippen LogP contribution < -0.4 is 10.6 Å². The number of hydrogen-bond donors (Lipinski definition) is 2. The van der Waals surface area contributed by atoms with Gasteiger partial charge in [-0.2, -0.15) is 0 Å². The van der Waals surface area contributed by atoms with Crippen LogP contribution in [0.15, 0.2) is 0 Å². The van der Waals surface area contributed by atoms with E-state index in [2.05, 4.69) is 15.5 Å². The lowest BCUT2D eigenvalue weighted by Crippen LogP contribution is -2.56. The zero-order valence-electron chi connectivity index (χ0n) is 14.8. The van der Waals surface area contributed by atoms with Crippen LogP contribution in [0.3, 0.4) is 0 Å². The number of piperazine rings is 1. The number of rotatable bonds is 4. The maximum Gasteiger partial charge on any atom is 0.239 e. The summed E-state index contributed by atoms with van der Waals surface area (Å²) >= 11 is 0. The SMILES string of the molecule is O=C(CN1CCN(C(=O)[C@H]2CCCCN2)CC1)NC1CCCCC1. The zero-order valence-corrected chi connectivity index (χ0v) is 14.8. The van der Waals surface area contributed by atoms with E-state index in [1.807, 2.05) is 4.90 Å². The van der Waals surface area contributed by atoms with Crippen LogP contribution in [0, 0.1) is 0 Å². The quantitative estimate of drug-likeness (QED) is 0.794. The predicted molar refractivity (Wildman–Crippen MR) is 93.7 cm³/mol. The molecule has 2 N–H and O–H groups in total. The predicted octanol–water partition coefficient (Wildman–Crippen LogP) is 0.722. The van der Waals surface area contributed by atoms with Crippen molar-refractivity contribution in [1.82, 2.24) is 20.4 Å². The van der Waals surface area contributed by atoms with Crippen LogP contribution in [0.25, 0.3) is 0 Å². The standard InChI is InChI=1S/C18H32N4O2/c23-17(20-15-6-2-1-3-7-15)14-21-10-12-22(13-11-21)18(24)16-8-4-5-9-19-16/h15-16,19H,1-14H2,(H,20,23)/t16-/m1/s1. The number of hydrogen-bond acceptors (Lipinski definition) is 4. The molecule has 136 valence electrons. The number of nitrogens with one attached hydrogen (secondary N) is 2. The average molecular weight is 336 g/mol. The Morgan fingerprint density at radius 1 is 0.917 bits per heavy atom. The molecule has 1 aliphatic carbocycles. The third kappa shape index (κ3) is 4.93. The van der Waals surface area contributed by atoms with Crippen molar-refractivity contribution in [3.63, 3.8) is 0 Å². The Kier molecular flexibility index (Phi) is 6.49. The molecule has 2 heterocycles. The summed E-state index contributed by atoms with van der Waals surface area (Å²) in [7, 11) is 0. The highest BCUT2D eigenvalue weighted by Gasteiger charge is 2.28. The van der Waals surface area contributed by atoms with Gasteiger partial charge in [0.25, 0.3) is 0 Å². The van der Waals surface area contributed by atoms with E-state index in [4.69, 9.17) is 0 Å². The lowest BCUT2D eigenvalue weighted by Gasteiger charge is -2.37. The number of carbonyl (C=O) groups is 2. The van der Waals surface area contributed by atoms with Gasteiger partial charge < -0.3 is 15.5 Å². The first kappa shape index (κ1) is 17.7. The molecule has 2 saturated heterocycles. The van der Waals surface area contributed by atoms with E-state index in [1.165, 1.54) is 25.7 Å². The fourth-order valence-corrected chi connectivity index (χ4v) is 4.13. The first-order valence-corrected chi connectivity index (χ1v) is 9.76. The summed E-state index contributed by atoms with van der Waals surface area (Å²) in [6, 6.07) is 0.395. The van der Waals surface area contributed by atoms with Gasteiger partial charge in [-0.15, -0.1) is 0 Å². The Balaban J connectivity index is 1.36. The second-order valence-electron chi connectivity index (χ2n) is 7.51. The second-order valence-corrected chi connectivity index (χ2v) is 7.51. The minimum atomic E-state index is 0.0138. The topological polar surface area (TPSA) is 64.7 Å². The van der Waals surface area contributed by atoms with Gasteiger partial charge in [0.1, 0.15) is 0 Å². The molecule has 0 bridgehead atoms. The molecule has 0 aromatic rings. The first-order chi connectivity index (χ1) is 11.7. The van der Waals surface area contributed by atoms with Gasteiger partial charge in [-0.3, -0.25) is 14.5 Å². The maximum absolute atomic E-state index is 12.5. The monoisotopic (exact) mass is 336 g/mol. The highest BCUT2D eigenvalue weighted by molar-refractivity contribution is 5.82. The summed E-state index contributed by atoms with van der Waals surface area (Å²) in [5.41, 5.74) is 0. The molecule has 6 nitrogen and oxygen atoms in total. The van der Waals surface area contributed by atoms with Gasteiger partial charge in [-0.25, -0.2) is 0 Å². The zero-order chi connectivity index (χ0) is 16.8. The molecule has 6 heteroatoms. The highest BCUT2D eigenvalue weighted by Crippen LogP contribution is 2.17. The van der Waals surface area contributed by atoms with Crippen LogP contribution in [0.1, 0.15) is 51.4 Å². The van der Waals surface area contributed by atoms with Crippen molar-refractivity contribution in [1.29, 1.82) is 0 Å². The molecule has 1 saturated carbocycles. The summed E-state index contributed by atoms with van der Waals surface area (Å²) in [6.45, 7) is 4.52. The van der Waals surface area contributed by atoms with Gasteiger partial charge in [-0.05, 0) is 32.2 Å². The Morgan fingerprint density at radius 2 is 1.62 bits per heavy atom. The van der Waals surface area contributed by atoms with E-state index in [9.17, 15) is 9.59 Å². The van der Waals surface area contributed by atoms with Gasteiger partial charge in [-0.1, -0.05) is 25.7 Å². The van der Waals surface area contributed by atoms with Crippen LogP contribution in [-0.2, 0) is 9.59 Å². The molecule has 3 aliphatic rings. The number of amides is 2. The Labute approximate surface area is 145 Å². The minimum absolute atomic E-state index is 0.0138. The highest BCUT2D eigenvalue weighted by atomic mass is 16.2. The summed E-state index contributed by atoms with van der Waals surface area (Å²) in [5, 5.41) is 6.52. The van der Waals surface area contributed by atoms with Crippen molar-refractivity contribution in [2.24, 2.45) is 0 Å². The normalized spacial score (nSPS) is 27.0. The third-order valence-corrected chi connectivity index (χ3v) is 5.63. The third-order valence-electron chi connectivity index (χ3n) is 5.63. The Hall–Kier alpha value is -1.14. The Bertz CT molecular complexity index is 423. The van der Waals surface area contributed by atoms with E-state index >= 15 is 0 Å². The van der Waals surface area contributed by atoms with Crippen molar-refractivity contribution < 1.29 is 9.59 Å². The van der Waals surface area contributed by atoms with E-state index in [-0.39, 0.29) is 17.9 Å². The molecule has 1 atom stereocenters. The molecule has 2 amide bonds. The lowest BCUT2D eigenvalue weighted by atomic mass is 9.95. The summed E-state index contributed by atoms with van der Waals surface area (Å²) < 4.78 is 0. The average Bonchev–Trinajstić information content (AvgIpc) is 2.63. The summed E-state index contributed by atoms with van der Waals surface area (Å²) in [5.74, 6) is 0.400. The first-order valence-electron chi connectivity index (χ1n) is 9.76. The van der Waals surface area contributed by atoms with Gasteiger partial charge in [0.2, 0.25) is 11.8 Å². The molecule has 0 aromatic heterocycles. The molecule has 24 heavy (non-hydrogen) atoms. The van der Waals surface area contributed by atoms with Gasteiger partial charge in [0.15, 0.2) is 0 Å². The van der Waals surface area contributed by atoms with Crippen molar-refractivity contribution in [2.75, 3.05) is 39.3 Å². The molecular formula is C18H32N4O2. The van der Waals surface area contributed by atoms with E-state index < -0.39 is 0 Å². The van der Waals surface area contributed by atoms with Crippen LogP contribution in [0.5, 0.6) is 0 Å². The molecule has 0 unspecified atom stereocenters. The molecule has 0 spiro atoms. The molecular weight excluding hydrogens is 304 g/mol. The summed E-state index contributed by atoms with van der Waals surface area (Å²) in [6.07, 6.45) is 9.31. The Morgan fingerprint density at radius 3 is 2.29 bits per heavy atom. The molecule has 3 fully saturated rings. The van der Waals surface area contributed by atoms with Crippen molar-refractivity contribution in [3.05, 3.63) is 0 Å². The molecule has 2 aliphatic heterocycles. The largest absolute Gasteiger partial charge is 0.352 e. The maximum atomic E-state index is 12.5. The molecule has 3 rings (SSSR count). The fourth-order valence-electron chi connectivity index (χ4n) is 4.13. The van der Waals surface area contributed by atoms with Gasteiger partial charge in [0, 0.05) is 32.2 Å². The molecule has 0 radical (unpaired) electrons. The fraction of sp³-hybridized carbons (Fsp3) is 0.889. The van der Waals surface area contributed by atoms with E-state index in [1.54, 1.807) is 0 Å². The minimum Gasteiger partial charge on any atom is -0.352 e. The van der Waals surface area contributed by atoms with Crippen LogP contribution >= 0.6 is 0 Å². The number of piperidine rings is 1.